The largest absolute Gasteiger partial charge is 0.478 e. The van der Waals surface area contributed by atoms with E-state index in [0.717, 1.165) is 31.6 Å². The fourth-order valence-electron chi connectivity index (χ4n) is 5.56. The van der Waals surface area contributed by atoms with Crippen molar-refractivity contribution in [2.45, 2.75) is 71.1 Å². The van der Waals surface area contributed by atoms with Crippen LogP contribution in [-0.4, -0.2) is 11.1 Å². The topological polar surface area (TPSA) is 37.3 Å². The fourth-order valence-corrected chi connectivity index (χ4v) is 5.56. The lowest BCUT2D eigenvalue weighted by atomic mass is 9.75. The first-order valence-corrected chi connectivity index (χ1v) is 12.7. The van der Waals surface area contributed by atoms with E-state index >= 15 is 0 Å². The molecule has 1 aliphatic rings. The Bertz CT molecular complexity index is 1070. The maximum Gasteiger partial charge on any atom is 0.335 e. The summed E-state index contributed by atoms with van der Waals surface area (Å²) in [6, 6.07) is 23.3. The number of carboxylic acids is 1. The Hall–Kier alpha value is -2.87. The summed E-state index contributed by atoms with van der Waals surface area (Å²) < 4.78 is 0. The maximum atomic E-state index is 11.8. The number of rotatable bonds is 8. The summed E-state index contributed by atoms with van der Waals surface area (Å²) in [5.41, 5.74) is 7.78. The van der Waals surface area contributed by atoms with Crippen molar-refractivity contribution in [3.8, 4) is 22.3 Å². The lowest BCUT2D eigenvalue weighted by Crippen LogP contribution is -2.14. The van der Waals surface area contributed by atoms with Gasteiger partial charge in [-0.1, -0.05) is 87.7 Å². The van der Waals surface area contributed by atoms with E-state index in [0.29, 0.717) is 11.5 Å². The minimum atomic E-state index is -0.845. The van der Waals surface area contributed by atoms with Crippen LogP contribution in [0.3, 0.4) is 0 Å². The third-order valence-corrected chi connectivity index (χ3v) is 7.30. The van der Waals surface area contributed by atoms with Crippen LogP contribution in [0.1, 0.15) is 86.2 Å². The SMILES string of the molecule is CCCc1ccc(-c2ccccc2-c2ccc(C(=O)O)cc2C2CCC(CCC)CC2)cc1. The Labute approximate surface area is 198 Å². The maximum absolute atomic E-state index is 11.8. The number of hydrogen-bond acceptors (Lipinski definition) is 1. The van der Waals surface area contributed by atoms with Gasteiger partial charge in [-0.15, -0.1) is 0 Å². The molecule has 1 saturated carbocycles. The van der Waals surface area contributed by atoms with Gasteiger partial charge in [0, 0.05) is 0 Å². The van der Waals surface area contributed by atoms with E-state index in [-0.39, 0.29) is 0 Å². The summed E-state index contributed by atoms with van der Waals surface area (Å²) in [7, 11) is 0. The first-order chi connectivity index (χ1) is 16.1. The summed E-state index contributed by atoms with van der Waals surface area (Å²) in [5.74, 6) is 0.404. The van der Waals surface area contributed by atoms with E-state index in [4.69, 9.17) is 0 Å². The average Bonchev–Trinajstić information content (AvgIpc) is 2.85. The minimum Gasteiger partial charge on any atom is -0.478 e. The van der Waals surface area contributed by atoms with Gasteiger partial charge in [0.1, 0.15) is 0 Å². The molecule has 1 fully saturated rings. The third kappa shape index (κ3) is 5.38. The Morgan fingerprint density at radius 2 is 1.52 bits per heavy atom. The number of hydrogen-bond donors (Lipinski definition) is 1. The van der Waals surface area contributed by atoms with E-state index in [1.807, 2.05) is 12.1 Å². The van der Waals surface area contributed by atoms with Gasteiger partial charge in [-0.25, -0.2) is 4.79 Å². The molecule has 3 aromatic carbocycles. The zero-order chi connectivity index (χ0) is 23.2. The van der Waals surface area contributed by atoms with Crippen molar-refractivity contribution >= 4 is 5.97 Å². The lowest BCUT2D eigenvalue weighted by molar-refractivity contribution is 0.0696. The van der Waals surface area contributed by atoms with E-state index in [1.165, 1.54) is 59.1 Å². The molecule has 0 saturated heterocycles. The molecule has 0 bridgehead atoms. The Morgan fingerprint density at radius 3 is 2.15 bits per heavy atom. The number of benzene rings is 3. The van der Waals surface area contributed by atoms with Crippen molar-refractivity contribution in [1.29, 1.82) is 0 Å². The van der Waals surface area contributed by atoms with E-state index in [1.54, 1.807) is 6.07 Å². The summed E-state index contributed by atoms with van der Waals surface area (Å²) in [5, 5.41) is 9.68. The number of aromatic carboxylic acids is 1. The van der Waals surface area contributed by atoms with Crippen LogP contribution in [0.15, 0.2) is 66.7 Å². The molecule has 33 heavy (non-hydrogen) atoms. The Kier molecular flexibility index (Phi) is 7.65. The van der Waals surface area contributed by atoms with Crippen LogP contribution in [-0.2, 0) is 6.42 Å². The second-order valence-corrected chi connectivity index (χ2v) is 9.61. The smallest absolute Gasteiger partial charge is 0.335 e. The molecule has 0 aliphatic heterocycles. The molecule has 0 spiro atoms. The molecule has 2 heteroatoms. The first-order valence-electron chi connectivity index (χ1n) is 12.7. The molecule has 0 unspecified atom stereocenters. The van der Waals surface area contributed by atoms with Gasteiger partial charge in [-0.2, -0.15) is 0 Å². The van der Waals surface area contributed by atoms with Crippen molar-refractivity contribution < 1.29 is 9.90 Å². The second kappa shape index (κ2) is 10.8. The molecule has 1 aliphatic carbocycles. The van der Waals surface area contributed by atoms with E-state index in [2.05, 4.69) is 62.4 Å². The van der Waals surface area contributed by atoms with Crippen LogP contribution >= 0.6 is 0 Å². The van der Waals surface area contributed by atoms with Crippen LogP contribution in [0.5, 0.6) is 0 Å². The van der Waals surface area contributed by atoms with Crippen molar-refractivity contribution in [2.75, 3.05) is 0 Å². The summed E-state index contributed by atoms with van der Waals surface area (Å²) in [4.78, 5) is 11.8. The lowest BCUT2D eigenvalue weighted by Gasteiger charge is -2.30. The quantitative estimate of drug-likeness (QED) is 0.380. The molecule has 0 radical (unpaired) electrons. The fraction of sp³-hybridized carbons (Fsp3) is 0.387. The van der Waals surface area contributed by atoms with Crippen molar-refractivity contribution in [3.63, 3.8) is 0 Å². The number of carboxylic acid groups (broad SMARTS) is 1. The predicted octanol–water partition coefficient (Wildman–Crippen LogP) is 8.75. The van der Waals surface area contributed by atoms with Crippen molar-refractivity contribution in [2.24, 2.45) is 5.92 Å². The van der Waals surface area contributed by atoms with Crippen molar-refractivity contribution in [3.05, 3.63) is 83.4 Å². The average molecular weight is 441 g/mol. The predicted molar refractivity (Wildman–Crippen MR) is 138 cm³/mol. The van der Waals surface area contributed by atoms with Gasteiger partial charge < -0.3 is 5.11 Å². The van der Waals surface area contributed by atoms with Crippen LogP contribution in [0.4, 0.5) is 0 Å². The number of carbonyl (C=O) groups is 1. The molecule has 1 N–H and O–H groups in total. The number of aryl methyl sites for hydroxylation is 1. The van der Waals surface area contributed by atoms with Gasteiger partial charge in [0.2, 0.25) is 0 Å². The molecular weight excluding hydrogens is 404 g/mol. The molecule has 0 atom stereocenters. The van der Waals surface area contributed by atoms with Gasteiger partial charge >= 0.3 is 5.97 Å². The molecule has 0 aromatic heterocycles. The summed E-state index contributed by atoms with van der Waals surface area (Å²) in [6.07, 6.45) is 9.60. The van der Waals surface area contributed by atoms with Gasteiger partial charge in [-0.3, -0.25) is 0 Å². The molecule has 0 amide bonds. The van der Waals surface area contributed by atoms with Crippen LogP contribution in [0, 0.1) is 5.92 Å². The Balaban J connectivity index is 1.74. The molecule has 2 nitrogen and oxygen atoms in total. The highest BCUT2D eigenvalue weighted by Gasteiger charge is 2.25. The van der Waals surface area contributed by atoms with E-state index < -0.39 is 5.97 Å². The standard InChI is InChI=1S/C31H36O2/c1-3-7-22-11-15-24(16-12-22)27-9-5-6-10-28(27)29-20-19-26(31(32)33)21-30(29)25-17-13-23(8-4-2)14-18-25/h5-6,9-12,15-16,19-21,23,25H,3-4,7-8,13-14,17-18H2,1-2H3,(H,32,33). The summed E-state index contributed by atoms with van der Waals surface area (Å²) in [6.45, 7) is 4.48. The van der Waals surface area contributed by atoms with Gasteiger partial charge in [0.25, 0.3) is 0 Å². The monoisotopic (exact) mass is 440 g/mol. The normalized spacial score (nSPS) is 18.2. The zero-order valence-electron chi connectivity index (χ0n) is 20.0. The van der Waals surface area contributed by atoms with Gasteiger partial charge in [0.15, 0.2) is 0 Å². The highest BCUT2D eigenvalue weighted by atomic mass is 16.4. The molecule has 4 rings (SSSR count). The molecular formula is C31H36O2. The van der Waals surface area contributed by atoms with Gasteiger partial charge in [-0.05, 0) is 89.5 Å². The zero-order valence-corrected chi connectivity index (χ0v) is 20.0. The van der Waals surface area contributed by atoms with Gasteiger partial charge in [0.05, 0.1) is 5.56 Å². The third-order valence-electron chi connectivity index (χ3n) is 7.30. The highest BCUT2D eigenvalue weighted by molar-refractivity contribution is 5.91. The van der Waals surface area contributed by atoms with Crippen LogP contribution in [0.2, 0.25) is 0 Å². The molecule has 0 heterocycles. The first kappa shape index (κ1) is 23.3. The van der Waals surface area contributed by atoms with Crippen molar-refractivity contribution in [1.82, 2.24) is 0 Å². The molecule has 172 valence electrons. The van der Waals surface area contributed by atoms with E-state index in [9.17, 15) is 9.90 Å². The second-order valence-electron chi connectivity index (χ2n) is 9.61. The highest BCUT2D eigenvalue weighted by Crippen LogP contribution is 2.43. The van der Waals surface area contributed by atoms with Crippen LogP contribution < -0.4 is 0 Å². The molecule has 3 aromatic rings. The summed E-state index contributed by atoms with van der Waals surface area (Å²) >= 11 is 0. The minimum absolute atomic E-state index is 0.394. The Morgan fingerprint density at radius 1 is 0.818 bits per heavy atom. The van der Waals surface area contributed by atoms with Crippen LogP contribution in [0.25, 0.3) is 22.3 Å².